The molecule has 1 saturated heterocycles. The number of piperidine rings is 1. The van der Waals surface area contributed by atoms with E-state index in [1.165, 1.54) is 6.07 Å². The molecule has 2 aromatic carbocycles. The molecular formula is C24H25F2N3O4S. The molecule has 1 fully saturated rings. The minimum Gasteiger partial charge on any atom is -0.492 e. The summed E-state index contributed by atoms with van der Waals surface area (Å²) in [5.74, 6) is 0.128. The smallest absolute Gasteiger partial charge is 0.265 e. The summed E-state index contributed by atoms with van der Waals surface area (Å²) in [6, 6.07) is 10.9. The molecule has 2 heterocycles. The maximum atomic E-state index is 13.4. The number of sulfone groups is 1. The predicted molar refractivity (Wildman–Crippen MR) is 122 cm³/mol. The molecule has 2 aliphatic rings. The summed E-state index contributed by atoms with van der Waals surface area (Å²) < 4.78 is 56.0. The SMILES string of the molecule is CC(COc1ccc(S(C)(=O)=O)c(C(F)F)c1)N1CCC2(CC1)C(=O)Nc1ccc(C#N)cc12. The van der Waals surface area contributed by atoms with Crippen LogP contribution in [0.25, 0.3) is 0 Å². The topological polar surface area (TPSA) is 99.5 Å². The van der Waals surface area contributed by atoms with E-state index in [4.69, 9.17) is 4.74 Å². The number of amides is 1. The molecule has 4 rings (SSSR count). The number of carbonyl (C=O) groups excluding carboxylic acids is 1. The van der Waals surface area contributed by atoms with Gasteiger partial charge in [0.2, 0.25) is 5.91 Å². The first-order chi connectivity index (χ1) is 16.0. The molecule has 2 aliphatic heterocycles. The van der Waals surface area contributed by atoms with Crippen molar-refractivity contribution in [1.29, 1.82) is 5.26 Å². The van der Waals surface area contributed by atoms with Crippen molar-refractivity contribution >= 4 is 21.4 Å². The Balaban J connectivity index is 1.42. The highest BCUT2D eigenvalue weighted by Crippen LogP contribution is 2.45. The van der Waals surface area contributed by atoms with Crippen LogP contribution in [-0.2, 0) is 20.0 Å². The third-order valence-corrected chi connectivity index (χ3v) is 7.90. The Hall–Kier alpha value is -3.03. The fraction of sp³-hybridized carbons (Fsp3) is 0.417. The van der Waals surface area contributed by atoms with Crippen LogP contribution in [0.15, 0.2) is 41.3 Å². The lowest BCUT2D eigenvalue weighted by atomic mass is 9.73. The van der Waals surface area contributed by atoms with Crippen LogP contribution >= 0.6 is 0 Å². The predicted octanol–water partition coefficient (Wildman–Crippen LogP) is 3.65. The van der Waals surface area contributed by atoms with Crippen LogP contribution in [0.3, 0.4) is 0 Å². The highest BCUT2D eigenvalue weighted by molar-refractivity contribution is 7.90. The van der Waals surface area contributed by atoms with Crippen LogP contribution in [0.5, 0.6) is 5.75 Å². The number of rotatable bonds is 6. The van der Waals surface area contributed by atoms with Crippen molar-refractivity contribution < 1.29 is 26.7 Å². The number of fused-ring (bicyclic) bond motifs is 2. The zero-order chi connectivity index (χ0) is 24.7. The van der Waals surface area contributed by atoms with Gasteiger partial charge in [-0.25, -0.2) is 17.2 Å². The maximum absolute atomic E-state index is 13.4. The van der Waals surface area contributed by atoms with E-state index in [0.29, 0.717) is 31.5 Å². The molecule has 1 spiro atoms. The summed E-state index contributed by atoms with van der Waals surface area (Å²) >= 11 is 0. The molecular weight excluding hydrogens is 464 g/mol. The Morgan fingerprint density at radius 3 is 2.53 bits per heavy atom. The van der Waals surface area contributed by atoms with Crippen LogP contribution in [0.4, 0.5) is 14.5 Å². The van der Waals surface area contributed by atoms with E-state index in [1.807, 2.05) is 6.92 Å². The molecule has 0 radical (unpaired) electrons. The lowest BCUT2D eigenvalue weighted by molar-refractivity contribution is -0.122. The van der Waals surface area contributed by atoms with Crippen LogP contribution in [0, 0.1) is 11.3 Å². The van der Waals surface area contributed by atoms with Crippen molar-refractivity contribution in [2.24, 2.45) is 0 Å². The second kappa shape index (κ2) is 8.96. The van der Waals surface area contributed by atoms with Crippen molar-refractivity contribution in [3.8, 4) is 11.8 Å². The van der Waals surface area contributed by atoms with Gasteiger partial charge in [-0.2, -0.15) is 5.26 Å². The molecule has 7 nitrogen and oxygen atoms in total. The summed E-state index contributed by atoms with van der Waals surface area (Å²) in [6.45, 7) is 3.43. The average molecular weight is 490 g/mol. The number of anilines is 1. The van der Waals surface area contributed by atoms with E-state index in [9.17, 15) is 27.3 Å². The van der Waals surface area contributed by atoms with Gasteiger partial charge in [-0.15, -0.1) is 0 Å². The molecule has 0 aliphatic carbocycles. The molecule has 1 unspecified atom stereocenters. The minimum absolute atomic E-state index is 0.0494. The van der Waals surface area contributed by atoms with Crippen molar-refractivity contribution in [2.45, 2.75) is 42.5 Å². The lowest BCUT2D eigenvalue weighted by Gasteiger charge is -2.40. The number of benzene rings is 2. The van der Waals surface area contributed by atoms with E-state index in [0.717, 1.165) is 29.6 Å². The number of alkyl halides is 2. The van der Waals surface area contributed by atoms with Crippen LogP contribution < -0.4 is 10.1 Å². The molecule has 1 atom stereocenters. The van der Waals surface area contributed by atoms with Gasteiger partial charge in [-0.1, -0.05) is 0 Å². The van der Waals surface area contributed by atoms with Crippen LogP contribution in [0.1, 0.15) is 42.9 Å². The first-order valence-electron chi connectivity index (χ1n) is 10.9. The Bertz CT molecular complexity index is 1270. The molecule has 1 N–H and O–H groups in total. The zero-order valence-corrected chi connectivity index (χ0v) is 19.7. The van der Waals surface area contributed by atoms with Crippen LogP contribution in [0.2, 0.25) is 0 Å². The molecule has 34 heavy (non-hydrogen) atoms. The van der Waals surface area contributed by atoms with Gasteiger partial charge < -0.3 is 10.1 Å². The van der Waals surface area contributed by atoms with Crippen LogP contribution in [-0.4, -0.2) is 51.2 Å². The van der Waals surface area contributed by atoms with Crippen molar-refractivity contribution in [3.63, 3.8) is 0 Å². The van der Waals surface area contributed by atoms with E-state index < -0.39 is 32.1 Å². The normalized spacial score (nSPS) is 18.4. The van der Waals surface area contributed by atoms with Gasteiger partial charge in [0.15, 0.2) is 9.84 Å². The first kappa shape index (κ1) is 24.1. The number of hydrogen-bond donors (Lipinski definition) is 1. The molecule has 1 amide bonds. The standard InChI is InChI=1S/C24H25F2N3O4S/c1-15(14-33-17-4-6-21(34(2,31)32)18(12-17)22(25)26)29-9-7-24(8-10-29)19-11-16(13-27)3-5-20(19)28-23(24)30/h3-6,11-12,15,22H,7-10,14H2,1-2H3,(H,28,30). The monoisotopic (exact) mass is 489 g/mol. The Morgan fingerprint density at radius 2 is 1.91 bits per heavy atom. The summed E-state index contributed by atoms with van der Waals surface area (Å²) in [4.78, 5) is 14.6. The highest BCUT2D eigenvalue weighted by atomic mass is 32.2. The number of likely N-dealkylation sites (tertiary alicyclic amines) is 1. The first-order valence-corrected chi connectivity index (χ1v) is 12.8. The van der Waals surface area contributed by atoms with E-state index in [-0.39, 0.29) is 24.3 Å². The summed E-state index contributed by atoms with van der Waals surface area (Å²) in [5, 5.41) is 12.2. The second-order valence-corrected chi connectivity index (χ2v) is 10.9. The van der Waals surface area contributed by atoms with Gasteiger partial charge in [-0.05, 0) is 74.8 Å². The lowest BCUT2D eigenvalue weighted by Crippen LogP contribution is -2.50. The molecule has 180 valence electrons. The van der Waals surface area contributed by atoms with E-state index in [1.54, 1.807) is 18.2 Å². The number of nitriles is 1. The summed E-state index contributed by atoms with van der Waals surface area (Å²) in [5.41, 5.74) is 0.901. The largest absolute Gasteiger partial charge is 0.492 e. The van der Waals surface area contributed by atoms with Gasteiger partial charge in [-0.3, -0.25) is 9.69 Å². The number of halogens is 2. The Labute approximate surface area is 197 Å². The van der Waals surface area contributed by atoms with Gasteiger partial charge in [0.25, 0.3) is 6.43 Å². The minimum atomic E-state index is -3.78. The zero-order valence-electron chi connectivity index (χ0n) is 18.8. The number of hydrogen-bond acceptors (Lipinski definition) is 6. The quantitative estimate of drug-likeness (QED) is 0.665. The number of carbonyl (C=O) groups is 1. The fourth-order valence-electron chi connectivity index (χ4n) is 4.77. The third-order valence-electron chi connectivity index (χ3n) is 6.73. The van der Waals surface area contributed by atoms with Crippen molar-refractivity contribution in [2.75, 3.05) is 31.3 Å². The number of nitrogens with zero attached hydrogens (tertiary/aromatic N) is 2. The molecule has 0 bridgehead atoms. The average Bonchev–Trinajstić information content (AvgIpc) is 3.07. The summed E-state index contributed by atoms with van der Waals surface area (Å²) in [6.07, 6.45) is -0.872. The maximum Gasteiger partial charge on any atom is 0.265 e. The molecule has 10 heteroatoms. The van der Waals surface area contributed by atoms with Gasteiger partial charge in [0.1, 0.15) is 12.4 Å². The van der Waals surface area contributed by atoms with Crippen molar-refractivity contribution in [1.82, 2.24) is 4.90 Å². The third kappa shape index (κ3) is 4.38. The fourth-order valence-corrected chi connectivity index (χ4v) is 5.66. The molecule has 0 aromatic heterocycles. The van der Waals surface area contributed by atoms with Gasteiger partial charge >= 0.3 is 0 Å². The molecule has 0 saturated carbocycles. The van der Waals surface area contributed by atoms with E-state index in [2.05, 4.69) is 16.3 Å². The Morgan fingerprint density at radius 1 is 1.21 bits per heavy atom. The second-order valence-electron chi connectivity index (χ2n) is 8.88. The number of nitrogens with one attached hydrogen (secondary N) is 1. The molecule has 2 aromatic rings. The highest BCUT2D eigenvalue weighted by Gasteiger charge is 2.48. The van der Waals surface area contributed by atoms with Gasteiger partial charge in [0, 0.05) is 23.5 Å². The summed E-state index contributed by atoms with van der Waals surface area (Å²) in [7, 11) is -3.78. The van der Waals surface area contributed by atoms with E-state index >= 15 is 0 Å². The van der Waals surface area contributed by atoms with Gasteiger partial charge in [0.05, 0.1) is 21.9 Å². The van der Waals surface area contributed by atoms with Crippen molar-refractivity contribution in [3.05, 3.63) is 53.1 Å². The Kier molecular flexibility index (Phi) is 6.36. The number of ether oxygens (including phenoxy) is 1.